The molecule has 0 bridgehead atoms. The van der Waals surface area contributed by atoms with E-state index < -0.39 is 0 Å². The molecule has 1 heterocycles. The summed E-state index contributed by atoms with van der Waals surface area (Å²) < 4.78 is 5.43. The van der Waals surface area contributed by atoms with E-state index in [1.165, 1.54) is 0 Å². The lowest BCUT2D eigenvalue weighted by molar-refractivity contribution is -0.117. The molecule has 0 fully saturated rings. The molecule has 0 saturated carbocycles. The normalized spacial score (nSPS) is 10.8. The Hall–Kier alpha value is -1.49. The molecule has 0 radical (unpaired) electrons. The monoisotopic (exact) mass is 250 g/mol. The van der Waals surface area contributed by atoms with Gasteiger partial charge in [0.1, 0.15) is 5.52 Å². The molecule has 0 unspecified atom stereocenters. The number of benzene rings is 1. The first kappa shape index (κ1) is 12.0. The van der Waals surface area contributed by atoms with Crippen LogP contribution < -0.4 is 4.90 Å². The highest BCUT2D eigenvalue weighted by Gasteiger charge is 2.11. The van der Waals surface area contributed by atoms with Crippen LogP contribution in [0.25, 0.3) is 11.1 Å². The van der Waals surface area contributed by atoms with E-state index in [2.05, 4.69) is 17.6 Å². The second kappa shape index (κ2) is 4.79. The van der Waals surface area contributed by atoms with Crippen LogP contribution in [0, 0.1) is 6.92 Å². The minimum Gasteiger partial charge on any atom is -0.441 e. The van der Waals surface area contributed by atoms with Gasteiger partial charge >= 0.3 is 0 Å². The second-order valence-corrected chi connectivity index (χ2v) is 4.26. The number of aryl methyl sites for hydroxylation is 1. The quantitative estimate of drug-likeness (QED) is 0.851. The van der Waals surface area contributed by atoms with Gasteiger partial charge in [0, 0.05) is 32.1 Å². The zero-order valence-electron chi connectivity index (χ0n) is 9.80. The molecule has 17 heavy (non-hydrogen) atoms. The van der Waals surface area contributed by atoms with E-state index in [-0.39, 0.29) is 5.91 Å². The molecule has 1 amide bonds. The molecule has 0 aliphatic rings. The van der Waals surface area contributed by atoms with Crippen molar-refractivity contribution >= 4 is 35.3 Å². The molecule has 90 valence electrons. The Labute approximate surface area is 105 Å². The highest BCUT2D eigenvalue weighted by atomic mass is 32.1. The lowest BCUT2D eigenvalue weighted by atomic mass is 10.2. The topological polar surface area (TPSA) is 46.3 Å². The second-order valence-electron chi connectivity index (χ2n) is 3.81. The van der Waals surface area contributed by atoms with Gasteiger partial charge in [-0.2, -0.15) is 12.6 Å². The number of nitrogens with zero attached hydrogens (tertiary/aromatic N) is 2. The Kier molecular flexibility index (Phi) is 3.38. The highest BCUT2D eigenvalue weighted by Crippen LogP contribution is 2.22. The van der Waals surface area contributed by atoms with E-state index in [9.17, 15) is 4.79 Å². The molecule has 0 atom stereocenters. The summed E-state index contributed by atoms with van der Waals surface area (Å²) >= 11 is 4.05. The van der Waals surface area contributed by atoms with Gasteiger partial charge in [-0.3, -0.25) is 4.79 Å². The van der Waals surface area contributed by atoms with E-state index in [1.54, 1.807) is 18.9 Å². The van der Waals surface area contributed by atoms with Gasteiger partial charge in [0.15, 0.2) is 11.5 Å². The van der Waals surface area contributed by atoms with Gasteiger partial charge in [-0.15, -0.1) is 0 Å². The van der Waals surface area contributed by atoms with E-state index in [0.29, 0.717) is 23.6 Å². The van der Waals surface area contributed by atoms with Crippen molar-refractivity contribution in [1.29, 1.82) is 0 Å². The van der Waals surface area contributed by atoms with Crippen molar-refractivity contribution in [3.63, 3.8) is 0 Å². The zero-order valence-corrected chi connectivity index (χ0v) is 10.7. The number of carbonyl (C=O) groups excluding carboxylic acids is 1. The minimum absolute atomic E-state index is 0.0376. The molecular weight excluding hydrogens is 236 g/mol. The third-order valence-corrected chi connectivity index (χ3v) is 2.79. The summed E-state index contributed by atoms with van der Waals surface area (Å²) in [6.07, 6.45) is 0.424. The number of amides is 1. The number of hydrogen-bond acceptors (Lipinski definition) is 4. The molecule has 0 aliphatic carbocycles. The first-order chi connectivity index (χ1) is 8.11. The smallest absolute Gasteiger partial charge is 0.227 e. The van der Waals surface area contributed by atoms with Gasteiger partial charge in [0.05, 0.1) is 0 Å². The Balaban J connectivity index is 2.32. The Morgan fingerprint density at radius 2 is 2.29 bits per heavy atom. The maximum atomic E-state index is 11.7. The Morgan fingerprint density at radius 1 is 1.53 bits per heavy atom. The van der Waals surface area contributed by atoms with Crippen LogP contribution >= 0.6 is 12.6 Å². The molecular formula is C12H14N2O2S. The average molecular weight is 250 g/mol. The van der Waals surface area contributed by atoms with Gasteiger partial charge in [-0.1, -0.05) is 0 Å². The van der Waals surface area contributed by atoms with Gasteiger partial charge in [0.25, 0.3) is 0 Å². The number of hydrogen-bond donors (Lipinski definition) is 1. The van der Waals surface area contributed by atoms with Crippen molar-refractivity contribution in [2.45, 2.75) is 13.3 Å². The Morgan fingerprint density at radius 3 is 3.00 bits per heavy atom. The molecule has 0 spiro atoms. The number of fused-ring (bicyclic) bond motifs is 1. The van der Waals surface area contributed by atoms with E-state index in [1.807, 2.05) is 18.2 Å². The molecule has 4 nitrogen and oxygen atoms in total. The van der Waals surface area contributed by atoms with Crippen molar-refractivity contribution in [3.05, 3.63) is 24.1 Å². The number of carbonyl (C=O) groups is 1. The summed E-state index contributed by atoms with van der Waals surface area (Å²) in [7, 11) is 1.75. The maximum absolute atomic E-state index is 11.7. The molecule has 2 aromatic rings. The largest absolute Gasteiger partial charge is 0.441 e. The van der Waals surface area contributed by atoms with Crippen LogP contribution in [0.2, 0.25) is 0 Å². The predicted octanol–water partition coefficient (Wildman–Crippen LogP) is 2.42. The molecule has 0 N–H and O–H groups in total. The molecule has 0 saturated heterocycles. The number of oxazole rings is 1. The van der Waals surface area contributed by atoms with Gasteiger partial charge < -0.3 is 9.32 Å². The van der Waals surface area contributed by atoms with Crippen molar-refractivity contribution in [2.75, 3.05) is 17.7 Å². The first-order valence-corrected chi connectivity index (χ1v) is 5.99. The van der Waals surface area contributed by atoms with Crippen molar-refractivity contribution in [2.24, 2.45) is 0 Å². The summed E-state index contributed by atoms with van der Waals surface area (Å²) in [6.45, 7) is 1.80. The summed E-state index contributed by atoms with van der Waals surface area (Å²) in [6, 6.07) is 5.54. The number of rotatable bonds is 3. The lowest BCUT2D eigenvalue weighted by Crippen LogP contribution is -2.26. The molecule has 1 aromatic carbocycles. The summed E-state index contributed by atoms with van der Waals surface area (Å²) in [5.41, 5.74) is 2.31. The molecule has 0 aliphatic heterocycles. The SMILES string of the molecule is Cc1nc2ccc(N(C)C(=O)CCS)cc2o1. The standard InChI is InChI=1S/C12H14N2O2S/c1-8-13-10-4-3-9(7-11(10)16-8)14(2)12(15)5-6-17/h3-4,7,17H,5-6H2,1-2H3. The predicted molar refractivity (Wildman–Crippen MR) is 70.6 cm³/mol. The highest BCUT2D eigenvalue weighted by molar-refractivity contribution is 7.80. The van der Waals surface area contributed by atoms with Crippen LogP contribution in [-0.2, 0) is 4.79 Å². The lowest BCUT2D eigenvalue weighted by Gasteiger charge is -2.16. The van der Waals surface area contributed by atoms with E-state index in [0.717, 1.165) is 11.2 Å². The van der Waals surface area contributed by atoms with Gasteiger partial charge in [-0.05, 0) is 17.9 Å². The maximum Gasteiger partial charge on any atom is 0.227 e. The third-order valence-electron chi connectivity index (χ3n) is 2.57. The first-order valence-electron chi connectivity index (χ1n) is 5.36. The van der Waals surface area contributed by atoms with Crippen molar-refractivity contribution in [1.82, 2.24) is 4.98 Å². The van der Waals surface area contributed by atoms with Gasteiger partial charge in [-0.25, -0.2) is 4.98 Å². The van der Waals surface area contributed by atoms with Crippen LogP contribution in [0.15, 0.2) is 22.6 Å². The molecule has 2 rings (SSSR count). The zero-order chi connectivity index (χ0) is 12.4. The fraction of sp³-hybridized carbons (Fsp3) is 0.333. The molecule has 5 heteroatoms. The molecule has 1 aromatic heterocycles. The van der Waals surface area contributed by atoms with Crippen LogP contribution in [-0.4, -0.2) is 23.7 Å². The van der Waals surface area contributed by atoms with Crippen LogP contribution in [0.1, 0.15) is 12.3 Å². The Bertz CT molecular complexity index is 550. The fourth-order valence-electron chi connectivity index (χ4n) is 1.64. The van der Waals surface area contributed by atoms with E-state index >= 15 is 0 Å². The minimum atomic E-state index is 0.0376. The van der Waals surface area contributed by atoms with Crippen molar-refractivity contribution in [3.8, 4) is 0 Å². The van der Waals surface area contributed by atoms with Crippen LogP contribution in [0.4, 0.5) is 5.69 Å². The van der Waals surface area contributed by atoms with Crippen LogP contribution in [0.3, 0.4) is 0 Å². The fourth-order valence-corrected chi connectivity index (χ4v) is 1.84. The van der Waals surface area contributed by atoms with Gasteiger partial charge in [0.2, 0.25) is 5.91 Å². The van der Waals surface area contributed by atoms with Crippen molar-refractivity contribution < 1.29 is 9.21 Å². The average Bonchev–Trinajstić information content (AvgIpc) is 2.67. The summed E-state index contributed by atoms with van der Waals surface area (Å²) in [5, 5.41) is 0. The van der Waals surface area contributed by atoms with E-state index in [4.69, 9.17) is 4.42 Å². The third kappa shape index (κ3) is 2.44. The summed E-state index contributed by atoms with van der Waals surface area (Å²) in [4.78, 5) is 17.5. The number of aromatic nitrogens is 1. The number of anilines is 1. The number of thiol groups is 1. The summed E-state index contributed by atoms with van der Waals surface area (Å²) in [5.74, 6) is 1.21. The van der Waals surface area contributed by atoms with Crippen LogP contribution in [0.5, 0.6) is 0 Å².